The second-order valence-electron chi connectivity index (χ2n) is 4.19. The third-order valence-electron chi connectivity index (χ3n) is 3.24. The van der Waals surface area contributed by atoms with Crippen molar-refractivity contribution in [3.63, 3.8) is 0 Å². The third kappa shape index (κ3) is 0.875. The first-order chi connectivity index (χ1) is 8.27. The van der Waals surface area contributed by atoms with Gasteiger partial charge in [0.1, 0.15) is 11.2 Å². The summed E-state index contributed by atoms with van der Waals surface area (Å²) >= 11 is 0. The number of rotatable bonds is 0. The number of hydrogen-bond acceptors (Lipinski definition) is 3. The lowest BCUT2D eigenvalue weighted by Crippen LogP contribution is -2.01. The molecule has 0 fully saturated rings. The lowest BCUT2D eigenvalue weighted by atomic mass is 10.0. The molecule has 5 heteroatoms. The van der Waals surface area contributed by atoms with Crippen molar-refractivity contribution in [2.45, 2.75) is 6.92 Å². The number of pyridine rings is 1. The molecule has 0 atom stereocenters. The van der Waals surface area contributed by atoms with E-state index in [4.69, 9.17) is 0 Å². The predicted molar refractivity (Wildman–Crippen MR) is 65.4 cm³/mol. The molecule has 3 heterocycles. The summed E-state index contributed by atoms with van der Waals surface area (Å²) in [7, 11) is 0. The van der Waals surface area contributed by atoms with Crippen LogP contribution < -0.4 is 5.43 Å². The first kappa shape index (κ1) is 8.69. The molecular weight excluding hydrogens is 216 g/mol. The van der Waals surface area contributed by atoms with Crippen molar-refractivity contribution in [2.24, 2.45) is 0 Å². The molecule has 0 aliphatic rings. The summed E-state index contributed by atoms with van der Waals surface area (Å²) in [5.74, 6) is 0. The Morgan fingerprint density at radius 3 is 3.00 bits per heavy atom. The van der Waals surface area contributed by atoms with Gasteiger partial charge in [0, 0.05) is 28.9 Å². The van der Waals surface area contributed by atoms with Gasteiger partial charge in [-0.2, -0.15) is 5.10 Å². The molecule has 0 bridgehead atoms. The van der Waals surface area contributed by atoms with Gasteiger partial charge in [0.15, 0.2) is 0 Å². The van der Waals surface area contributed by atoms with E-state index in [1.54, 1.807) is 6.20 Å². The monoisotopic (exact) mass is 224 g/mol. The fraction of sp³-hybridized carbons (Fsp3) is 0.0833. The number of aromatic amines is 2. The van der Waals surface area contributed by atoms with Gasteiger partial charge >= 0.3 is 0 Å². The molecule has 0 radical (unpaired) electrons. The molecule has 0 unspecified atom stereocenters. The molecule has 4 rings (SSSR count). The van der Waals surface area contributed by atoms with Crippen molar-refractivity contribution >= 4 is 32.7 Å². The van der Waals surface area contributed by atoms with Crippen molar-refractivity contribution in [3.05, 3.63) is 34.4 Å². The summed E-state index contributed by atoms with van der Waals surface area (Å²) in [5, 5.41) is 10.4. The van der Waals surface area contributed by atoms with Gasteiger partial charge in [0.05, 0.1) is 5.39 Å². The topological polar surface area (TPSA) is 74.4 Å². The van der Waals surface area contributed by atoms with Crippen molar-refractivity contribution in [3.8, 4) is 0 Å². The van der Waals surface area contributed by atoms with E-state index in [1.807, 2.05) is 19.2 Å². The quantitative estimate of drug-likeness (QED) is 0.477. The number of nitrogens with one attached hydrogen (secondary N) is 2. The standard InChI is InChI=1S/C12H8N4O/c1-5-8-6-2-3-13-12-9(6)7(4-14-12)11(17)10(8)16-15-5/h2-4H,1H3,(H,13,14)(H,15,16). The highest BCUT2D eigenvalue weighted by atomic mass is 16.1. The maximum Gasteiger partial charge on any atom is 0.216 e. The molecule has 3 aromatic heterocycles. The van der Waals surface area contributed by atoms with Gasteiger partial charge in [-0.05, 0) is 18.4 Å². The van der Waals surface area contributed by atoms with Crippen LogP contribution in [0.3, 0.4) is 0 Å². The molecule has 17 heavy (non-hydrogen) atoms. The number of hydrogen-bond donors (Lipinski definition) is 2. The summed E-state index contributed by atoms with van der Waals surface area (Å²) in [6.07, 6.45) is 3.44. The van der Waals surface area contributed by atoms with Gasteiger partial charge in [0.2, 0.25) is 5.43 Å². The number of aryl methyl sites for hydroxylation is 1. The smallest absolute Gasteiger partial charge is 0.216 e. The molecule has 4 aromatic rings. The molecule has 1 aromatic carbocycles. The van der Waals surface area contributed by atoms with E-state index in [0.29, 0.717) is 10.9 Å². The van der Waals surface area contributed by atoms with Crippen LogP contribution in [0.4, 0.5) is 0 Å². The summed E-state index contributed by atoms with van der Waals surface area (Å²) in [4.78, 5) is 19.5. The van der Waals surface area contributed by atoms with E-state index < -0.39 is 0 Å². The highest BCUT2D eigenvalue weighted by Gasteiger charge is 2.16. The minimum atomic E-state index is -0.0565. The summed E-state index contributed by atoms with van der Waals surface area (Å²) in [6, 6.07) is 1.96. The fourth-order valence-corrected chi connectivity index (χ4v) is 2.49. The average Bonchev–Trinajstić information content (AvgIpc) is 2.91. The van der Waals surface area contributed by atoms with Gasteiger partial charge in [-0.15, -0.1) is 0 Å². The van der Waals surface area contributed by atoms with E-state index in [2.05, 4.69) is 20.2 Å². The highest BCUT2D eigenvalue weighted by molar-refractivity contribution is 6.19. The van der Waals surface area contributed by atoms with Crippen LogP contribution >= 0.6 is 0 Å². The maximum absolute atomic E-state index is 12.2. The van der Waals surface area contributed by atoms with Gasteiger partial charge in [-0.3, -0.25) is 9.89 Å². The Morgan fingerprint density at radius 2 is 2.12 bits per heavy atom. The van der Waals surface area contributed by atoms with Crippen LogP contribution in [0.25, 0.3) is 32.7 Å². The van der Waals surface area contributed by atoms with E-state index in [0.717, 1.165) is 27.5 Å². The third-order valence-corrected chi connectivity index (χ3v) is 3.24. The zero-order valence-corrected chi connectivity index (χ0v) is 9.03. The minimum Gasteiger partial charge on any atom is -0.346 e. The van der Waals surface area contributed by atoms with Crippen LogP contribution in [0.2, 0.25) is 0 Å². The van der Waals surface area contributed by atoms with Crippen LogP contribution in [-0.4, -0.2) is 20.2 Å². The summed E-state index contributed by atoms with van der Waals surface area (Å²) in [5.41, 5.74) is 2.10. The first-order valence-electron chi connectivity index (χ1n) is 5.33. The number of fused-ring (bicyclic) bond motifs is 2. The van der Waals surface area contributed by atoms with E-state index in [9.17, 15) is 4.79 Å². The zero-order valence-electron chi connectivity index (χ0n) is 9.03. The largest absolute Gasteiger partial charge is 0.346 e. The SMILES string of the molecule is Cc1[nH]nc2c(=O)c3cnc4[nH]ccc(c12)c43. The van der Waals surface area contributed by atoms with E-state index in [-0.39, 0.29) is 5.43 Å². The Hall–Kier alpha value is -2.43. The van der Waals surface area contributed by atoms with Crippen LogP contribution in [0, 0.1) is 6.92 Å². The van der Waals surface area contributed by atoms with Crippen LogP contribution in [0.5, 0.6) is 0 Å². The number of benzene rings is 1. The van der Waals surface area contributed by atoms with Crippen LogP contribution in [0.1, 0.15) is 5.69 Å². The highest BCUT2D eigenvalue weighted by Crippen LogP contribution is 2.29. The Bertz CT molecular complexity index is 918. The minimum absolute atomic E-state index is 0.0565. The molecule has 0 saturated carbocycles. The summed E-state index contributed by atoms with van der Waals surface area (Å²) < 4.78 is 0. The van der Waals surface area contributed by atoms with E-state index in [1.165, 1.54) is 0 Å². The van der Waals surface area contributed by atoms with Crippen molar-refractivity contribution < 1.29 is 0 Å². The Kier molecular flexibility index (Phi) is 1.34. The molecule has 2 N–H and O–H groups in total. The van der Waals surface area contributed by atoms with E-state index >= 15 is 0 Å². The predicted octanol–water partition coefficient (Wildman–Crippen LogP) is 1.70. The molecule has 82 valence electrons. The van der Waals surface area contributed by atoms with Gasteiger partial charge in [0.25, 0.3) is 0 Å². The zero-order chi connectivity index (χ0) is 11.6. The molecule has 0 aliphatic heterocycles. The van der Waals surface area contributed by atoms with Gasteiger partial charge in [-0.1, -0.05) is 0 Å². The maximum atomic E-state index is 12.2. The van der Waals surface area contributed by atoms with Crippen molar-refractivity contribution in [1.29, 1.82) is 0 Å². The number of nitrogens with zero attached hydrogens (tertiary/aromatic N) is 2. The number of aromatic nitrogens is 4. The lowest BCUT2D eigenvalue weighted by molar-refractivity contribution is 1.07. The van der Waals surface area contributed by atoms with Crippen LogP contribution in [-0.2, 0) is 0 Å². The summed E-state index contributed by atoms with van der Waals surface area (Å²) in [6.45, 7) is 1.92. The normalized spacial score (nSPS) is 12.1. The van der Waals surface area contributed by atoms with Gasteiger partial charge in [-0.25, -0.2) is 4.98 Å². The first-order valence-corrected chi connectivity index (χ1v) is 5.33. The Balaban J connectivity index is 2.56. The second-order valence-corrected chi connectivity index (χ2v) is 4.19. The molecule has 5 nitrogen and oxygen atoms in total. The molecule has 0 spiro atoms. The Labute approximate surface area is 94.8 Å². The van der Waals surface area contributed by atoms with Crippen molar-refractivity contribution in [1.82, 2.24) is 20.2 Å². The lowest BCUT2D eigenvalue weighted by Gasteiger charge is -1.99. The van der Waals surface area contributed by atoms with Crippen LogP contribution in [0.15, 0.2) is 23.3 Å². The fourth-order valence-electron chi connectivity index (χ4n) is 2.49. The number of H-pyrrole nitrogens is 2. The molecule has 0 aliphatic carbocycles. The Morgan fingerprint density at radius 1 is 1.24 bits per heavy atom. The molecular formula is C12H8N4O. The molecule has 0 saturated heterocycles. The molecule has 0 amide bonds. The second kappa shape index (κ2) is 2.63. The van der Waals surface area contributed by atoms with Crippen molar-refractivity contribution in [2.75, 3.05) is 0 Å². The van der Waals surface area contributed by atoms with Gasteiger partial charge < -0.3 is 4.98 Å². The average molecular weight is 224 g/mol.